The van der Waals surface area contributed by atoms with Crippen LogP contribution in [-0.4, -0.2) is 11.5 Å². The monoisotopic (exact) mass is 245 g/mol. The summed E-state index contributed by atoms with van der Waals surface area (Å²) < 4.78 is 0. The van der Waals surface area contributed by atoms with Gasteiger partial charge >= 0.3 is 0 Å². The highest BCUT2D eigenvalue weighted by Crippen LogP contribution is 2.40. The van der Waals surface area contributed by atoms with Crippen molar-refractivity contribution in [2.45, 2.75) is 26.2 Å². The first-order valence-electron chi connectivity index (χ1n) is 5.96. The van der Waals surface area contributed by atoms with Gasteiger partial charge in [0, 0.05) is 18.3 Å². The number of nitrogens with one attached hydrogen (secondary N) is 1. The van der Waals surface area contributed by atoms with E-state index >= 15 is 0 Å². The number of nitro groups is 1. The maximum absolute atomic E-state index is 10.8. The quantitative estimate of drug-likeness (QED) is 0.653. The predicted molar refractivity (Wildman–Crippen MR) is 68.3 cm³/mol. The SMILES string of the molecule is CC1(CNc2ccc(C#N)c([N+](=O)[O-])c2)CCC1. The summed E-state index contributed by atoms with van der Waals surface area (Å²) in [5, 5.41) is 22.8. The van der Waals surface area contributed by atoms with Gasteiger partial charge in [-0.1, -0.05) is 13.3 Å². The highest BCUT2D eigenvalue weighted by Gasteiger charge is 2.31. The van der Waals surface area contributed by atoms with Crippen molar-refractivity contribution in [3.05, 3.63) is 33.9 Å². The third-order valence-electron chi connectivity index (χ3n) is 3.59. The Bertz CT molecular complexity index is 515. The first kappa shape index (κ1) is 12.4. The summed E-state index contributed by atoms with van der Waals surface area (Å²) in [7, 11) is 0. The molecule has 5 nitrogen and oxygen atoms in total. The zero-order valence-electron chi connectivity index (χ0n) is 10.3. The summed E-state index contributed by atoms with van der Waals surface area (Å²) in [5.41, 5.74) is 0.971. The minimum Gasteiger partial charge on any atom is -0.384 e. The minimum atomic E-state index is -0.519. The maximum atomic E-state index is 10.8. The molecule has 5 heteroatoms. The molecule has 1 aromatic carbocycles. The molecule has 2 rings (SSSR count). The predicted octanol–water partition coefficient (Wildman–Crippen LogP) is 3.07. The summed E-state index contributed by atoms with van der Waals surface area (Å²) in [4.78, 5) is 10.3. The van der Waals surface area contributed by atoms with E-state index in [4.69, 9.17) is 5.26 Å². The van der Waals surface area contributed by atoms with E-state index in [1.807, 2.05) is 6.07 Å². The van der Waals surface area contributed by atoms with Crippen LogP contribution in [0, 0.1) is 26.9 Å². The fraction of sp³-hybridized carbons (Fsp3) is 0.462. The molecule has 0 aliphatic heterocycles. The van der Waals surface area contributed by atoms with Gasteiger partial charge in [0.1, 0.15) is 11.6 Å². The summed E-state index contributed by atoms with van der Waals surface area (Å²) in [6, 6.07) is 6.47. The molecule has 1 fully saturated rings. The molecule has 0 aromatic heterocycles. The molecule has 94 valence electrons. The van der Waals surface area contributed by atoms with Crippen molar-refractivity contribution in [3.63, 3.8) is 0 Å². The Morgan fingerprint density at radius 3 is 2.78 bits per heavy atom. The zero-order chi connectivity index (χ0) is 13.2. The lowest BCUT2D eigenvalue weighted by Crippen LogP contribution is -2.33. The Morgan fingerprint density at radius 1 is 1.56 bits per heavy atom. The van der Waals surface area contributed by atoms with Crippen LogP contribution in [0.5, 0.6) is 0 Å². The molecule has 1 aromatic rings. The van der Waals surface area contributed by atoms with Gasteiger partial charge in [0.05, 0.1) is 4.92 Å². The van der Waals surface area contributed by atoms with Crippen molar-refractivity contribution < 1.29 is 4.92 Å². The Morgan fingerprint density at radius 2 is 2.28 bits per heavy atom. The zero-order valence-corrected chi connectivity index (χ0v) is 10.3. The van der Waals surface area contributed by atoms with E-state index in [0.717, 1.165) is 6.54 Å². The first-order chi connectivity index (χ1) is 8.54. The largest absolute Gasteiger partial charge is 0.384 e. The Kier molecular flexibility index (Phi) is 3.19. The fourth-order valence-electron chi connectivity index (χ4n) is 2.16. The summed E-state index contributed by atoms with van der Waals surface area (Å²) in [5.74, 6) is 0. The summed E-state index contributed by atoms with van der Waals surface area (Å²) in [6.07, 6.45) is 3.64. The molecule has 18 heavy (non-hydrogen) atoms. The Hall–Kier alpha value is -2.09. The van der Waals surface area contributed by atoms with Crippen LogP contribution in [0.4, 0.5) is 11.4 Å². The van der Waals surface area contributed by atoms with Crippen molar-refractivity contribution in [1.82, 2.24) is 0 Å². The van der Waals surface area contributed by atoms with Crippen LogP contribution in [0.3, 0.4) is 0 Å². The molecule has 0 unspecified atom stereocenters. The van der Waals surface area contributed by atoms with Crippen LogP contribution >= 0.6 is 0 Å². The Balaban J connectivity index is 2.12. The summed E-state index contributed by atoms with van der Waals surface area (Å²) in [6.45, 7) is 3.03. The van der Waals surface area contributed by atoms with Crippen LogP contribution < -0.4 is 5.32 Å². The van der Waals surface area contributed by atoms with Crippen molar-refractivity contribution in [2.75, 3.05) is 11.9 Å². The average Bonchev–Trinajstić information content (AvgIpc) is 2.33. The number of nitrogens with zero attached hydrogens (tertiary/aromatic N) is 2. The molecule has 1 saturated carbocycles. The number of hydrogen-bond acceptors (Lipinski definition) is 4. The van der Waals surface area contributed by atoms with E-state index in [9.17, 15) is 10.1 Å². The molecular weight excluding hydrogens is 230 g/mol. The number of hydrogen-bond donors (Lipinski definition) is 1. The van der Waals surface area contributed by atoms with Crippen LogP contribution in [-0.2, 0) is 0 Å². The van der Waals surface area contributed by atoms with E-state index in [0.29, 0.717) is 11.1 Å². The van der Waals surface area contributed by atoms with Gasteiger partial charge in [-0.3, -0.25) is 10.1 Å². The van der Waals surface area contributed by atoms with Gasteiger partial charge < -0.3 is 5.32 Å². The number of benzene rings is 1. The van der Waals surface area contributed by atoms with Crippen LogP contribution in [0.25, 0.3) is 0 Å². The lowest BCUT2D eigenvalue weighted by atomic mass is 9.70. The van der Waals surface area contributed by atoms with E-state index in [1.165, 1.54) is 31.4 Å². The smallest absolute Gasteiger partial charge is 0.289 e. The molecule has 0 radical (unpaired) electrons. The minimum absolute atomic E-state index is 0.0976. The van der Waals surface area contributed by atoms with Crippen molar-refractivity contribution in [2.24, 2.45) is 5.41 Å². The number of anilines is 1. The second kappa shape index (κ2) is 4.65. The molecular formula is C13H15N3O2. The molecule has 0 amide bonds. The van der Waals surface area contributed by atoms with Gasteiger partial charge in [-0.15, -0.1) is 0 Å². The van der Waals surface area contributed by atoms with Gasteiger partial charge in [0.2, 0.25) is 0 Å². The van der Waals surface area contributed by atoms with Gasteiger partial charge in [-0.05, 0) is 30.4 Å². The van der Waals surface area contributed by atoms with E-state index in [1.54, 1.807) is 6.07 Å². The third kappa shape index (κ3) is 2.43. The summed E-state index contributed by atoms with van der Waals surface area (Å²) >= 11 is 0. The highest BCUT2D eigenvalue weighted by atomic mass is 16.6. The molecule has 1 aliphatic carbocycles. The molecule has 1 aliphatic rings. The average molecular weight is 245 g/mol. The second-order valence-electron chi connectivity index (χ2n) is 5.12. The topological polar surface area (TPSA) is 79.0 Å². The van der Waals surface area contributed by atoms with Crippen LogP contribution in [0.2, 0.25) is 0 Å². The first-order valence-corrected chi connectivity index (χ1v) is 5.96. The molecule has 0 saturated heterocycles. The normalized spacial score (nSPS) is 16.4. The van der Waals surface area contributed by atoms with Gasteiger partial charge in [0.25, 0.3) is 5.69 Å². The van der Waals surface area contributed by atoms with Crippen LogP contribution in [0.15, 0.2) is 18.2 Å². The highest BCUT2D eigenvalue weighted by molar-refractivity contribution is 5.59. The molecule has 0 spiro atoms. The van der Waals surface area contributed by atoms with E-state index < -0.39 is 4.92 Å². The van der Waals surface area contributed by atoms with Crippen molar-refractivity contribution in [1.29, 1.82) is 5.26 Å². The second-order valence-corrected chi connectivity index (χ2v) is 5.12. The van der Waals surface area contributed by atoms with Gasteiger partial charge in [-0.25, -0.2) is 0 Å². The van der Waals surface area contributed by atoms with E-state index in [2.05, 4.69) is 12.2 Å². The number of rotatable bonds is 4. The molecule has 0 heterocycles. The van der Waals surface area contributed by atoms with Crippen molar-refractivity contribution in [3.8, 4) is 6.07 Å². The molecule has 0 atom stereocenters. The van der Waals surface area contributed by atoms with Crippen LogP contribution in [0.1, 0.15) is 31.7 Å². The van der Waals surface area contributed by atoms with Gasteiger partial charge in [-0.2, -0.15) is 5.26 Å². The van der Waals surface area contributed by atoms with Crippen molar-refractivity contribution >= 4 is 11.4 Å². The number of nitro benzene ring substituents is 1. The molecule has 1 N–H and O–H groups in total. The molecule has 0 bridgehead atoms. The van der Waals surface area contributed by atoms with E-state index in [-0.39, 0.29) is 11.3 Å². The third-order valence-corrected chi connectivity index (χ3v) is 3.59. The lowest BCUT2D eigenvalue weighted by molar-refractivity contribution is -0.385. The lowest BCUT2D eigenvalue weighted by Gasteiger charge is -2.38. The Labute approximate surface area is 106 Å². The standard InChI is InChI=1S/C13H15N3O2/c1-13(5-2-6-13)9-15-11-4-3-10(8-14)12(7-11)16(17)18/h3-4,7,15H,2,5-6,9H2,1H3. The fourth-order valence-corrected chi connectivity index (χ4v) is 2.16. The maximum Gasteiger partial charge on any atom is 0.289 e. The van der Waals surface area contributed by atoms with Gasteiger partial charge in [0.15, 0.2) is 0 Å². The number of nitriles is 1.